The standard InChI is InChI=1S/C32H39N3O6Si/c1-21-30(40-2)25-18-23(35-32(38)24-12-8-9-13-26(24)33-35)14-15-27(25)41-31(21)28(42(3,4)39)19-29(37)34(16-17-36)20-22-10-6-5-7-11-22/h5-15,18,21,28,30-31,33,36,39H,16-17,19-20H2,1-4H3/t21-,28?,30-,31-/m0/s1. The summed E-state index contributed by atoms with van der Waals surface area (Å²) in [6.45, 7) is 6.10. The number of nitrogens with zero attached hydrogens (tertiary/aromatic N) is 2. The lowest BCUT2D eigenvalue weighted by molar-refractivity contribution is -0.133. The van der Waals surface area contributed by atoms with Crippen LogP contribution in [0.2, 0.25) is 18.6 Å². The SMILES string of the molecule is CO[C@@H]1c2cc(-n3[nH]c4ccccc4c3=O)ccc2O[C@H](C(CC(=O)N(CCO)Cc2ccccc2)[Si](C)(C)O)[C@H]1C. The van der Waals surface area contributed by atoms with Gasteiger partial charge in [0.05, 0.1) is 29.3 Å². The molecular weight excluding hydrogens is 550 g/mol. The summed E-state index contributed by atoms with van der Waals surface area (Å²) in [5.41, 5.74) is 2.61. The van der Waals surface area contributed by atoms with Crippen LogP contribution in [-0.2, 0) is 16.1 Å². The number of nitrogens with one attached hydrogen (secondary N) is 1. The van der Waals surface area contributed by atoms with Crippen LogP contribution in [0, 0.1) is 5.92 Å². The van der Waals surface area contributed by atoms with Gasteiger partial charge in [0, 0.05) is 43.6 Å². The zero-order chi connectivity index (χ0) is 30.0. The normalized spacial score (nSPS) is 19.2. The number of para-hydroxylation sites is 1. The number of benzene rings is 3. The van der Waals surface area contributed by atoms with Gasteiger partial charge in [0.1, 0.15) is 11.9 Å². The van der Waals surface area contributed by atoms with Crippen LogP contribution in [0.15, 0.2) is 77.6 Å². The van der Waals surface area contributed by atoms with E-state index in [0.717, 1.165) is 16.6 Å². The van der Waals surface area contributed by atoms with Crippen LogP contribution in [0.3, 0.4) is 0 Å². The third-order valence-electron chi connectivity index (χ3n) is 8.30. The predicted octanol–water partition coefficient (Wildman–Crippen LogP) is 4.38. The maximum absolute atomic E-state index is 13.7. The molecular formula is C32H39N3O6Si. The van der Waals surface area contributed by atoms with E-state index in [0.29, 0.717) is 23.4 Å². The highest BCUT2D eigenvalue weighted by atomic mass is 28.4. The molecule has 10 heteroatoms. The number of hydrogen-bond acceptors (Lipinski definition) is 6. The number of fused-ring (bicyclic) bond motifs is 2. The summed E-state index contributed by atoms with van der Waals surface area (Å²) >= 11 is 0. The Hall–Kier alpha value is -3.70. The number of aliphatic hydroxyl groups is 1. The zero-order valence-corrected chi connectivity index (χ0v) is 25.5. The van der Waals surface area contributed by atoms with Crippen molar-refractivity contribution in [2.24, 2.45) is 5.92 Å². The molecule has 1 unspecified atom stereocenters. The van der Waals surface area contributed by atoms with Crippen LogP contribution in [-0.4, -0.2) is 65.2 Å². The van der Waals surface area contributed by atoms with Gasteiger partial charge in [-0.3, -0.25) is 14.7 Å². The second-order valence-corrected chi connectivity index (χ2v) is 15.7. The summed E-state index contributed by atoms with van der Waals surface area (Å²) in [5.74, 6) is 0.260. The third kappa shape index (κ3) is 5.93. The fourth-order valence-electron chi connectivity index (χ4n) is 6.05. The smallest absolute Gasteiger partial charge is 0.279 e. The van der Waals surface area contributed by atoms with E-state index in [9.17, 15) is 19.5 Å². The number of methoxy groups -OCH3 is 1. The van der Waals surface area contributed by atoms with Gasteiger partial charge in [0.15, 0.2) is 8.32 Å². The van der Waals surface area contributed by atoms with Gasteiger partial charge in [0.25, 0.3) is 5.56 Å². The second kappa shape index (κ2) is 12.3. The molecule has 3 N–H and O–H groups in total. The molecule has 0 aliphatic carbocycles. The zero-order valence-electron chi connectivity index (χ0n) is 24.5. The lowest BCUT2D eigenvalue weighted by Gasteiger charge is -2.44. The van der Waals surface area contributed by atoms with Gasteiger partial charge in [-0.1, -0.05) is 49.4 Å². The quantitative estimate of drug-likeness (QED) is 0.237. The first-order valence-electron chi connectivity index (χ1n) is 14.3. The molecule has 1 aromatic heterocycles. The van der Waals surface area contributed by atoms with Crippen molar-refractivity contribution in [3.63, 3.8) is 0 Å². The Balaban J connectivity index is 1.44. The Kier molecular flexibility index (Phi) is 8.70. The Bertz CT molecular complexity index is 1600. The number of hydrogen-bond donors (Lipinski definition) is 3. The fourth-order valence-corrected chi connectivity index (χ4v) is 7.90. The van der Waals surface area contributed by atoms with Crippen LogP contribution >= 0.6 is 0 Å². The minimum atomic E-state index is -2.93. The van der Waals surface area contributed by atoms with Crippen molar-refractivity contribution in [1.29, 1.82) is 0 Å². The number of aliphatic hydroxyl groups excluding tert-OH is 1. The van der Waals surface area contributed by atoms with Crippen molar-refractivity contribution in [3.8, 4) is 11.4 Å². The lowest BCUT2D eigenvalue weighted by atomic mass is 9.86. The number of carbonyl (C=O) groups is 1. The largest absolute Gasteiger partial charge is 0.490 e. The monoisotopic (exact) mass is 589 g/mol. The molecule has 0 radical (unpaired) electrons. The molecule has 5 rings (SSSR count). The molecule has 4 atom stereocenters. The van der Waals surface area contributed by atoms with Crippen molar-refractivity contribution in [2.45, 2.75) is 50.7 Å². The molecule has 1 aliphatic heterocycles. The molecule has 4 aromatic rings. The highest BCUT2D eigenvalue weighted by molar-refractivity contribution is 6.71. The van der Waals surface area contributed by atoms with Gasteiger partial charge >= 0.3 is 0 Å². The molecule has 0 bridgehead atoms. The average molecular weight is 590 g/mol. The van der Waals surface area contributed by atoms with Crippen molar-refractivity contribution >= 4 is 25.1 Å². The summed E-state index contributed by atoms with van der Waals surface area (Å²) in [5, 5.41) is 13.5. The van der Waals surface area contributed by atoms with Crippen molar-refractivity contribution in [2.75, 3.05) is 20.3 Å². The Morgan fingerprint density at radius 3 is 2.50 bits per heavy atom. The van der Waals surface area contributed by atoms with E-state index in [1.165, 1.54) is 4.68 Å². The van der Waals surface area contributed by atoms with Gasteiger partial charge in [-0.05, 0) is 49.0 Å². The fraction of sp³-hybridized carbons (Fsp3) is 0.375. The van der Waals surface area contributed by atoms with E-state index < -0.39 is 20.0 Å². The minimum absolute atomic E-state index is 0.0892. The van der Waals surface area contributed by atoms with E-state index in [-0.39, 0.29) is 43.1 Å². The number of carbonyl (C=O) groups excluding carboxylic acids is 1. The van der Waals surface area contributed by atoms with E-state index in [4.69, 9.17) is 9.47 Å². The predicted molar refractivity (Wildman–Crippen MR) is 164 cm³/mol. The second-order valence-electron chi connectivity index (χ2n) is 11.6. The van der Waals surface area contributed by atoms with Crippen molar-refractivity contribution in [3.05, 3.63) is 94.3 Å². The molecule has 3 aromatic carbocycles. The van der Waals surface area contributed by atoms with E-state index >= 15 is 0 Å². The highest BCUT2D eigenvalue weighted by Crippen LogP contribution is 2.47. The van der Waals surface area contributed by atoms with Crippen LogP contribution in [0.25, 0.3) is 16.6 Å². The molecule has 0 fully saturated rings. The summed E-state index contributed by atoms with van der Waals surface area (Å²) in [6, 6.07) is 22.6. The lowest BCUT2D eigenvalue weighted by Crippen LogP contribution is -2.50. The van der Waals surface area contributed by atoms with Crippen LogP contribution in [0.1, 0.15) is 30.6 Å². The first kappa shape index (κ1) is 29.8. The average Bonchev–Trinajstić information content (AvgIpc) is 3.31. The molecule has 42 heavy (non-hydrogen) atoms. The van der Waals surface area contributed by atoms with E-state index in [1.54, 1.807) is 18.1 Å². The highest BCUT2D eigenvalue weighted by Gasteiger charge is 2.47. The van der Waals surface area contributed by atoms with Crippen LogP contribution in [0.5, 0.6) is 5.75 Å². The molecule has 9 nitrogen and oxygen atoms in total. The number of amides is 1. The number of H-pyrrole nitrogens is 1. The third-order valence-corrected chi connectivity index (χ3v) is 10.6. The van der Waals surface area contributed by atoms with Gasteiger partial charge < -0.3 is 24.3 Å². The van der Waals surface area contributed by atoms with Gasteiger partial charge in [-0.25, -0.2) is 4.68 Å². The summed E-state index contributed by atoms with van der Waals surface area (Å²) in [6.07, 6.45) is -0.774. The summed E-state index contributed by atoms with van der Waals surface area (Å²) < 4.78 is 14.1. The first-order valence-corrected chi connectivity index (χ1v) is 17.3. The Morgan fingerprint density at radius 1 is 1.12 bits per heavy atom. The topological polar surface area (TPSA) is 117 Å². The molecule has 2 heterocycles. The van der Waals surface area contributed by atoms with Crippen LogP contribution in [0.4, 0.5) is 0 Å². The maximum Gasteiger partial charge on any atom is 0.279 e. The Morgan fingerprint density at radius 2 is 1.83 bits per heavy atom. The first-order chi connectivity index (χ1) is 20.1. The number of ether oxygens (including phenoxy) is 2. The van der Waals surface area contributed by atoms with E-state index in [1.807, 2.05) is 86.7 Å². The van der Waals surface area contributed by atoms with Crippen molar-refractivity contribution < 1.29 is 24.2 Å². The van der Waals surface area contributed by atoms with Gasteiger partial charge in [-0.15, -0.1) is 0 Å². The minimum Gasteiger partial charge on any atom is -0.490 e. The van der Waals surface area contributed by atoms with Crippen LogP contribution < -0.4 is 10.3 Å². The summed E-state index contributed by atoms with van der Waals surface area (Å²) in [4.78, 5) is 39.8. The molecule has 0 saturated carbocycles. The molecule has 1 aliphatic rings. The molecule has 0 spiro atoms. The number of aromatic amines is 1. The van der Waals surface area contributed by atoms with Gasteiger partial charge in [-0.2, -0.15) is 0 Å². The molecule has 1 amide bonds. The van der Waals surface area contributed by atoms with E-state index in [2.05, 4.69) is 5.10 Å². The number of aromatic nitrogens is 2. The Labute approximate surface area is 246 Å². The number of rotatable bonds is 10. The molecule has 222 valence electrons. The maximum atomic E-state index is 13.7. The van der Waals surface area contributed by atoms with Gasteiger partial charge in [0.2, 0.25) is 5.91 Å². The van der Waals surface area contributed by atoms with Crippen molar-refractivity contribution in [1.82, 2.24) is 14.7 Å². The molecule has 0 saturated heterocycles. The summed E-state index contributed by atoms with van der Waals surface area (Å²) in [7, 11) is -1.30.